The molecule has 0 spiro atoms. The van der Waals surface area contributed by atoms with Gasteiger partial charge in [-0.3, -0.25) is 0 Å². The van der Waals surface area contributed by atoms with Crippen LogP contribution in [0.3, 0.4) is 0 Å². The normalized spacial score (nSPS) is 29.8. The molecule has 1 aromatic carbocycles. The number of hydrogen-bond acceptors (Lipinski definition) is 1. The summed E-state index contributed by atoms with van der Waals surface area (Å²) in [5, 5.41) is 3.70. The van der Waals surface area contributed by atoms with Gasteiger partial charge in [-0.15, -0.1) is 0 Å². The van der Waals surface area contributed by atoms with E-state index >= 15 is 0 Å². The topological polar surface area (TPSA) is 12.0 Å². The summed E-state index contributed by atoms with van der Waals surface area (Å²) in [6.45, 7) is 3.25. The predicted octanol–water partition coefficient (Wildman–Crippen LogP) is 4.17. The van der Waals surface area contributed by atoms with Crippen molar-refractivity contribution >= 4 is 0 Å². The first-order valence-corrected chi connectivity index (χ1v) is 8.28. The van der Waals surface area contributed by atoms with Crippen molar-refractivity contribution in [1.82, 2.24) is 5.32 Å². The highest BCUT2D eigenvalue weighted by molar-refractivity contribution is 5.20. The van der Waals surface area contributed by atoms with Gasteiger partial charge in [0.25, 0.3) is 0 Å². The predicted molar refractivity (Wildman–Crippen MR) is 81.1 cm³/mol. The number of fused-ring (bicyclic) bond motifs is 1. The van der Waals surface area contributed by atoms with Crippen LogP contribution in [0.25, 0.3) is 0 Å². The van der Waals surface area contributed by atoms with Crippen LogP contribution in [0.5, 0.6) is 0 Å². The second-order valence-electron chi connectivity index (χ2n) is 6.55. The molecule has 3 unspecified atom stereocenters. The first kappa shape index (κ1) is 14.1. The summed E-state index contributed by atoms with van der Waals surface area (Å²) in [6, 6.07) is 7.74. The summed E-state index contributed by atoms with van der Waals surface area (Å²) < 4.78 is 13.9. The van der Waals surface area contributed by atoms with Crippen molar-refractivity contribution in [3.05, 3.63) is 35.6 Å². The molecule has 0 amide bonds. The molecular formula is C18H26FN. The molecule has 1 N–H and O–H groups in total. The first-order valence-electron chi connectivity index (χ1n) is 8.28. The molecule has 1 nitrogen and oxygen atoms in total. The molecule has 0 bridgehead atoms. The molecular weight excluding hydrogens is 249 g/mol. The van der Waals surface area contributed by atoms with Gasteiger partial charge in [0, 0.05) is 6.04 Å². The number of hydrogen-bond donors (Lipinski definition) is 1. The largest absolute Gasteiger partial charge is 0.313 e. The van der Waals surface area contributed by atoms with E-state index in [9.17, 15) is 4.39 Å². The van der Waals surface area contributed by atoms with E-state index in [1.165, 1.54) is 25.7 Å². The Kier molecular flexibility index (Phi) is 4.40. The van der Waals surface area contributed by atoms with Crippen molar-refractivity contribution in [1.29, 1.82) is 0 Å². The van der Waals surface area contributed by atoms with Crippen LogP contribution in [0.4, 0.5) is 4.39 Å². The van der Waals surface area contributed by atoms with Crippen molar-refractivity contribution in [2.75, 3.05) is 6.54 Å². The summed E-state index contributed by atoms with van der Waals surface area (Å²) in [5.74, 6) is 2.60. The fourth-order valence-electron chi connectivity index (χ4n) is 4.22. The monoisotopic (exact) mass is 275 g/mol. The molecule has 0 saturated heterocycles. The lowest BCUT2D eigenvalue weighted by atomic mass is 9.99. The lowest BCUT2D eigenvalue weighted by Gasteiger charge is -2.19. The van der Waals surface area contributed by atoms with Crippen molar-refractivity contribution in [2.24, 2.45) is 17.8 Å². The summed E-state index contributed by atoms with van der Waals surface area (Å²) in [7, 11) is 0. The number of halogens is 1. The van der Waals surface area contributed by atoms with Gasteiger partial charge < -0.3 is 5.32 Å². The van der Waals surface area contributed by atoms with Gasteiger partial charge in [0.15, 0.2) is 0 Å². The van der Waals surface area contributed by atoms with E-state index in [4.69, 9.17) is 0 Å². The Morgan fingerprint density at radius 1 is 1.20 bits per heavy atom. The van der Waals surface area contributed by atoms with Gasteiger partial charge in [0.05, 0.1) is 0 Å². The average molecular weight is 275 g/mol. The van der Waals surface area contributed by atoms with E-state index in [0.29, 0.717) is 6.04 Å². The summed E-state index contributed by atoms with van der Waals surface area (Å²) >= 11 is 0. The fourth-order valence-corrected chi connectivity index (χ4v) is 4.22. The van der Waals surface area contributed by atoms with E-state index in [1.54, 1.807) is 12.1 Å². The third-order valence-electron chi connectivity index (χ3n) is 5.24. The van der Waals surface area contributed by atoms with E-state index in [0.717, 1.165) is 42.7 Å². The Morgan fingerprint density at radius 3 is 2.55 bits per heavy atom. The number of rotatable bonds is 6. The van der Waals surface area contributed by atoms with Crippen molar-refractivity contribution in [3.8, 4) is 0 Å². The Bertz CT molecular complexity index is 433. The van der Waals surface area contributed by atoms with Gasteiger partial charge in [-0.2, -0.15) is 0 Å². The molecule has 2 aliphatic rings. The lowest BCUT2D eigenvalue weighted by molar-refractivity contribution is 0.421. The molecule has 2 aliphatic carbocycles. The van der Waals surface area contributed by atoms with Gasteiger partial charge in [0.2, 0.25) is 0 Å². The minimum absolute atomic E-state index is 0.0422. The van der Waals surface area contributed by atoms with Crippen LogP contribution in [0.2, 0.25) is 0 Å². The molecule has 2 heteroatoms. The molecule has 20 heavy (non-hydrogen) atoms. The van der Waals surface area contributed by atoms with Crippen molar-refractivity contribution < 1.29 is 4.39 Å². The fraction of sp³-hybridized carbons (Fsp3) is 0.667. The van der Waals surface area contributed by atoms with Gasteiger partial charge in [-0.1, -0.05) is 38.0 Å². The molecule has 0 aliphatic heterocycles. The highest BCUT2D eigenvalue weighted by Gasteiger charge is 2.53. The van der Waals surface area contributed by atoms with Crippen LogP contribution in [0.15, 0.2) is 24.3 Å². The van der Waals surface area contributed by atoms with Crippen LogP contribution in [-0.4, -0.2) is 12.6 Å². The van der Waals surface area contributed by atoms with Gasteiger partial charge in [-0.05, 0) is 61.6 Å². The van der Waals surface area contributed by atoms with Crippen molar-refractivity contribution in [3.63, 3.8) is 0 Å². The second kappa shape index (κ2) is 6.26. The standard InChI is InChI=1S/C18H26FN/c1-2-11-20-17(12-13-7-3-6-10-16(13)19)18-14-8-4-5-9-15(14)18/h3,6-7,10,14-15,17-18,20H,2,4-5,8-9,11-12H2,1H3. The van der Waals surface area contributed by atoms with E-state index in [1.807, 2.05) is 12.1 Å². The smallest absolute Gasteiger partial charge is 0.126 e. The first-order chi connectivity index (χ1) is 9.81. The highest BCUT2D eigenvalue weighted by Crippen LogP contribution is 2.57. The number of benzene rings is 1. The maximum atomic E-state index is 13.9. The highest BCUT2D eigenvalue weighted by atomic mass is 19.1. The van der Waals surface area contributed by atoms with Gasteiger partial charge >= 0.3 is 0 Å². The average Bonchev–Trinajstić information content (AvgIpc) is 3.20. The third-order valence-corrected chi connectivity index (χ3v) is 5.24. The van der Waals surface area contributed by atoms with Crippen LogP contribution in [0, 0.1) is 23.6 Å². The Balaban J connectivity index is 1.69. The van der Waals surface area contributed by atoms with E-state index in [-0.39, 0.29) is 5.82 Å². The molecule has 2 saturated carbocycles. The van der Waals surface area contributed by atoms with Crippen LogP contribution in [-0.2, 0) is 6.42 Å². The summed E-state index contributed by atoms with van der Waals surface area (Å²) in [5.41, 5.74) is 0.879. The zero-order chi connectivity index (χ0) is 13.9. The molecule has 110 valence electrons. The van der Waals surface area contributed by atoms with Crippen LogP contribution < -0.4 is 5.32 Å². The Morgan fingerprint density at radius 2 is 1.90 bits per heavy atom. The Labute approximate surface area is 122 Å². The minimum Gasteiger partial charge on any atom is -0.313 e. The molecule has 0 aromatic heterocycles. The second-order valence-corrected chi connectivity index (χ2v) is 6.55. The zero-order valence-corrected chi connectivity index (χ0v) is 12.4. The number of nitrogens with one attached hydrogen (secondary N) is 1. The Hall–Kier alpha value is -0.890. The molecule has 0 heterocycles. The van der Waals surface area contributed by atoms with Gasteiger partial charge in [-0.25, -0.2) is 4.39 Å². The SMILES string of the molecule is CCCNC(Cc1ccccc1F)C1C2CCCCC21. The lowest BCUT2D eigenvalue weighted by Crippen LogP contribution is -2.35. The van der Waals surface area contributed by atoms with Crippen molar-refractivity contribution in [2.45, 2.75) is 51.5 Å². The van der Waals surface area contributed by atoms with E-state index < -0.39 is 0 Å². The van der Waals surface area contributed by atoms with Crippen LogP contribution in [0.1, 0.15) is 44.6 Å². The molecule has 1 aromatic rings. The molecule has 3 atom stereocenters. The quantitative estimate of drug-likeness (QED) is 0.821. The van der Waals surface area contributed by atoms with E-state index in [2.05, 4.69) is 12.2 Å². The summed E-state index contributed by atoms with van der Waals surface area (Å²) in [4.78, 5) is 0. The summed E-state index contributed by atoms with van der Waals surface area (Å²) in [6.07, 6.45) is 7.60. The molecule has 3 rings (SSSR count). The zero-order valence-electron chi connectivity index (χ0n) is 12.4. The van der Waals surface area contributed by atoms with Gasteiger partial charge in [0.1, 0.15) is 5.82 Å². The molecule has 2 fully saturated rings. The molecule has 0 radical (unpaired) electrons. The van der Waals surface area contributed by atoms with Crippen LogP contribution >= 0.6 is 0 Å². The maximum absolute atomic E-state index is 13.9. The minimum atomic E-state index is -0.0422. The third kappa shape index (κ3) is 2.90. The maximum Gasteiger partial charge on any atom is 0.126 e.